The number of aldehydes is 1. The predicted molar refractivity (Wildman–Crippen MR) is 40.2 cm³/mol. The van der Waals surface area contributed by atoms with Crippen LogP contribution in [0.5, 0.6) is 0 Å². The monoisotopic (exact) mass is 142 g/mol. The molecule has 0 bridgehead atoms. The first-order valence-electron chi connectivity index (χ1n) is 3.17. The summed E-state index contributed by atoms with van der Waals surface area (Å²) >= 11 is 0. The van der Waals surface area contributed by atoms with E-state index in [1.807, 2.05) is 0 Å². The second-order valence-electron chi connectivity index (χ2n) is 1.80. The van der Waals surface area contributed by atoms with Crippen LogP contribution < -0.4 is 5.73 Å². The molecule has 0 fully saturated rings. The maximum Gasteiger partial charge on any atom is 0.236 e. The Morgan fingerprint density at radius 3 is 2.60 bits per heavy atom. The van der Waals surface area contributed by atoms with Gasteiger partial charge in [-0.3, -0.25) is 4.79 Å². The highest BCUT2D eigenvalue weighted by molar-refractivity contribution is 6.10. The number of nitrogens with zero attached hydrogens (tertiary/aromatic N) is 1. The molecule has 0 saturated heterocycles. The van der Waals surface area contributed by atoms with Gasteiger partial charge in [0.1, 0.15) is 14.1 Å². The van der Waals surface area contributed by atoms with Crippen LogP contribution in [0.3, 0.4) is 0 Å². The van der Waals surface area contributed by atoms with E-state index >= 15 is 0 Å². The molecule has 0 aliphatic heterocycles. The minimum atomic E-state index is -0.186. The van der Waals surface area contributed by atoms with Crippen LogP contribution in [0.15, 0.2) is 0 Å². The van der Waals surface area contributed by atoms with Crippen molar-refractivity contribution in [3.63, 3.8) is 0 Å². The number of hydrogen-bond donors (Lipinski definition) is 1. The molecule has 0 radical (unpaired) electrons. The molecule has 10 heavy (non-hydrogen) atoms. The van der Waals surface area contributed by atoms with E-state index in [1.54, 1.807) is 7.85 Å². The molecule has 5 heteroatoms. The van der Waals surface area contributed by atoms with Crippen molar-refractivity contribution < 1.29 is 9.59 Å². The normalized spacial score (nSPS) is 8.90. The zero-order chi connectivity index (χ0) is 7.98. The highest BCUT2D eigenvalue weighted by Crippen LogP contribution is 1.82. The van der Waals surface area contributed by atoms with E-state index in [9.17, 15) is 9.59 Å². The molecule has 56 valence electrons. The Bertz CT molecular complexity index is 129. The van der Waals surface area contributed by atoms with E-state index in [1.165, 1.54) is 4.90 Å². The van der Waals surface area contributed by atoms with Gasteiger partial charge in [0.25, 0.3) is 0 Å². The first-order chi connectivity index (χ1) is 4.76. The van der Waals surface area contributed by atoms with Gasteiger partial charge in [-0.15, -0.1) is 0 Å². The van der Waals surface area contributed by atoms with Crippen molar-refractivity contribution in [3.05, 3.63) is 0 Å². The van der Waals surface area contributed by atoms with Gasteiger partial charge >= 0.3 is 0 Å². The lowest BCUT2D eigenvalue weighted by molar-refractivity contribution is -0.130. The zero-order valence-electron chi connectivity index (χ0n) is 6.04. The standard InChI is InChI=1S/C5H11BN2O2/c6-4-8(1-2-9)5(10)3-7/h2H,1,3-4,6-7H2. The predicted octanol–water partition coefficient (Wildman–Crippen LogP) is -2.44. The molecule has 0 rings (SSSR count). The molecular formula is C5H11BN2O2. The van der Waals surface area contributed by atoms with Gasteiger partial charge in [-0.05, 0) is 6.44 Å². The lowest BCUT2D eigenvalue weighted by atomic mass is 10.1. The number of rotatable bonds is 4. The van der Waals surface area contributed by atoms with E-state index in [-0.39, 0.29) is 19.0 Å². The molecule has 0 spiro atoms. The Morgan fingerprint density at radius 1 is 1.70 bits per heavy atom. The molecule has 0 aliphatic rings. The molecule has 1 amide bonds. The maximum absolute atomic E-state index is 10.8. The molecule has 0 saturated carbocycles. The second-order valence-corrected chi connectivity index (χ2v) is 1.80. The van der Waals surface area contributed by atoms with E-state index in [0.29, 0.717) is 12.7 Å². The zero-order valence-corrected chi connectivity index (χ0v) is 6.04. The van der Waals surface area contributed by atoms with Crippen LogP contribution in [0.25, 0.3) is 0 Å². The van der Waals surface area contributed by atoms with Crippen molar-refractivity contribution in [2.24, 2.45) is 5.73 Å². The van der Waals surface area contributed by atoms with Crippen LogP contribution >= 0.6 is 0 Å². The summed E-state index contributed by atoms with van der Waals surface area (Å²) in [7, 11) is 1.80. The molecule has 0 unspecified atom stereocenters. The van der Waals surface area contributed by atoms with Gasteiger partial charge in [0, 0.05) is 0 Å². The summed E-state index contributed by atoms with van der Waals surface area (Å²) in [5.74, 6) is -0.186. The molecule has 2 N–H and O–H groups in total. The van der Waals surface area contributed by atoms with Crippen LogP contribution in [0, 0.1) is 0 Å². The summed E-state index contributed by atoms with van der Waals surface area (Å²) in [5.41, 5.74) is 5.07. The van der Waals surface area contributed by atoms with Crippen molar-refractivity contribution in [1.82, 2.24) is 4.90 Å². The van der Waals surface area contributed by atoms with Gasteiger partial charge in [-0.1, -0.05) is 0 Å². The molecule has 0 atom stereocenters. The summed E-state index contributed by atoms with van der Waals surface area (Å²) in [4.78, 5) is 22.1. The third kappa shape index (κ3) is 2.64. The van der Waals surface area contributed by atoms with Gasteiger partial charge in [0.2, 0.25) is 5.91 Å². The topological polar surface area (TPSA) is 63.4 Å². The molecule has 0 aromatic carbocycles. The smallest absolute Gasteiger partial charge is 0.236 e. The quantitative estimate of drug-likeness (QED) is 0.350. The van der Waals surface area contributed by atoms with E-state index < -0.39 is 0 Å². The number of hydrogen-bond acceptors (Lipinski definition) is 3. The average molecular weight is 142 g/mol. The SMILES string of the molecule is BCN(CC=O)C(=O)CN. The molecular weight excluding hydrogens is 131 g/mol. The summed E-state index contributed by atoms with van der Waals surface area (Å²) in [6, 6.07) is 0. The van der Waals surface area contributed by atoms with Crippen LogP contribution in [0.1, 0.15) is 0 Å². The molecule has 4 nitrogen and oxygen atoms in total. The Labute approximate surface area is 60.8 Å². The van der Waals surface area contributed by atoms with Gasteiger partial charge in [0.05, 0.1) is 13.1 Å². The Morgan fingerprint density at radius 2 is 2.30 bits per heavy atom. The summed E-state index contributed by atoms with van der Waals surface area (Å²) in [6.07, 6.45) is 1.23. The average Bonchev–Trinajstić information content (AvgIpc) is 1.99. The lowest BCUT2D eigenvalue weighted by Gasteiger charge is -2.16. The largest absolute Gasteiger partial charge is 0.343 e. The Balaban J connectivity index is 3.79. The fraction of sp³-hybridized carbons (Fsp3) is 0.600. The minimum absolute atomic E-state index is 0.0261. The van der Waals surface area contributed by atoms with Gasteiger partial charge in [-0.25, -0.2) is 0 Å². The first kappa shape index (κ1) is 9.16. The van der Waals surface area contributed by atoms with E-state index in [4.69, 9.17) is 5.73 Å². The van der Waals surface area contributed by atoms with Crippen LogP contribution in [0.2, 0.25) is 0 Å². The van der Waals surface area contributed by atoms with Crippen LogP contribution in [0.4, 0.5) is 0 Å². The highest BCUT2D eigenvalue weighted by Gasteiger charge is 2.06. The van der Waals surface area contributed by atoms with Crippen molar-refractivity contribution in [2.75, 3.05) is 19.5 Å². The van der Waals surface area contributed by atoms with Crippen molar-refractivity contribution in [3.8, 4) is 0 Å². The van der Waals surface area contributed by atoms with Crippen molar-refractivity contribution in [1.29, 1.82) is 0 Å². The van der Waals surface area contributed by atoms with Crippen LogP contribution in [-0.2, 0) is 9.59 Å². The Kier molecular flexibility index (Phi) is 4.57. The summed E-state index contributed by atoms with van der Waals surface area (Å²) in [6.45, 7) is 0.119. The van der Waals surface area contributed by atoms with E-state index in [0.717, 1.165) is 0 Å². The summed E-state index contributed by atoms with van der Waals surface area (Å²) in [5, 5.41) is 0. The molecule has 0 aromatic heterocycles. The van der Waals surface area contributed by atoms with Crippen molar-refractivity contribution in [2.45, 2.75) is 0 Å². The number of nitrogens with two attached hydrogens (primary N) is 1. The second kappa shape index (κ2) is 4.99. The van der Waals surface area contributed by atoms with Gasteiger partial charge in [0.15, 0.2) is 0 Å². The Hall–Kier alpha value is -0.835. The lowest BCUT2D eigenvalue weighted by Crippen LogP contribution is -2.38. The number of amides is 1. The molecule has 0 heterocycles. The van der Waals surface area contributed by atoms with Crippen molar-refractivity contribution >= 4 is 20.0 Å². The number of carbonyl (C=O) groups excluding carboxylic acids is 2. The third-order valence-electron chi connectivity index (χ3n) is 1.20. The van der Waals surface area contributed by atoms with E-state index in [2.05, 4.69) is 0 Å². The van der Waals surface area contributed by atoms with Gasteiger partial charge < -0.3 is 15.4 Å². The summed E-state index contributed by atoms with van der Waals surface area (Å²) < 4.78 is 0. The fourth-order valence-corrected chi connectivity index (χ4v) is 0.626. The minimum Gasteiger partial charge on any atom is -0.343 e. The molecule has 0 aliphatic carbocycles. The molecule has 0 aromatic rings. The number of carbonyl (C=O) groups is 2. The van der Waals surface area contributed by atoms with Gasteiger partial charge in [-0.2, -0.15) is 0 Å². The third-order valence-corrected chi connectivity index (χ3v) is 1.20. The first-order valence-corrected chi connectivity index (χ1v) is 3.17. The maximum atomic E-state index is 10.8. The highest BCUT2D eigenvalue weighted by atomic mass is 16.2. The van der Waals surface area contributed by atoms with Crippen LogP contribution in [-0.4, -0.2) is 44.5 Å². The fourth-order valence-electron chi connectivity index (χ4n) is 0.626.